The number of rotatable bonds is 5. The SMILES string of the molecule is O=S(=O)(NCC1CCCS1)N1CCC(CO)CC1. The van der Waals surface area contributed by atoms with Crippen molar-refractivity contribution in [1.29, 1.82) is 0 Å². The Balaban J connectivity index is 1.79. The molecule has 1 atom stereocenters. The summed E-state index contributed by atoms with van der Waals surface area (Å²) in [5.74, 6) is 1.41. The maximum atomic E-state index is 12.1. The van der Waals surface area contributed by atoms with Crippen molar-refractivity contribution in [2.24, 2.45) is 5.92 Å². The Morgan fingerprint density at radius 3 is 2.56 bits per heavy atom. The molecule has 2 fully saturated rings. The zero-order valence-corrected chi connectivity index (χ0v) is 12.2. The van der Waals surface area contributed by atoms with Crippen LogP contribution in [0.4, 0.5) is 0 Å². The van der Waals surface area contributed by atoms with Gasteiger partial charge in [-0.2, -0.15) is 24.5 Å². The molecule has 0 aromatic heterocycles. The second-order valence-corrected chi connectivity index (χ2v) is 8.18. The molecule has 2 rings (SSSR count). The van der Waals surface area contributed by atoms with E-state index in [1.165, 1.54) is 10.7 Å². The predicted molar refractivity (Wildman–Crippen MR) is 73.8 cm³/mol. The first kappa shape index (κ1) is 14.6. The molecule has 0 spiro atoms. The van der Waals surface area contributed by atoms with Gasteiger partial charge in [0, 0.05) is 31.5 Å². The van der Waals surface area contributed by atoms with Crippen molar-refractivity contribution in [1.82, 2.24) is 9.03 Å². The minimum absolute atomic E-state index is 0.167. The number of thioether (sulfide) groups is 1. The molecular formula is C11H22N2O3S2. The highest BCUT2D eigenvalue weighted by Crippen LogP contribution is 2.25. The minimum atomic E-state index is -3.31. The summed E-state index contributed by atoms with van der Waals surface area (Å²) in [7, 11) is -3.31. The fraction of sp³-hybridized carbons (Fsp3) is 1.00. The van der Waals surface area contributed by atoms with Gasteiger partial charge in [0.1, 0.15) is 0 Å². The fourth-order valence-corrected chi connectivity index (χ4v) is 5.02. The second kappa shape index (κ2) is 6.56. The Bertz CT molecular complexity index is 347. The highest BCUT2D eigenvalue weighted by Gasteiger charge is 2.28. The molecule has 0 aliphatic carbocycles. The van der Waals surface area contributed by atoms with E-state index in [-0.39, 0.29) is 12.5 Å². The zero-order chi connectivity index (χ0) is 13.0. The molecule has 7 heteroatoms. The lowest BCUT2D eigenvalue weighted by atomic mass is 10.00. The van der Waals surface area contributed by atoms with E-state index >= 15 is 0 Å². The van der Waals surface area contributed by atoms with Crippen LogP contribution >= 0.6 is 11.8 Å². The summed E-state index contributed by atoms with van der Waals surface area (Å²) in [6.45, 7) is 1.77. The number of aliphatic hydroxyl groups is 1. The molecule has 18 heavy (non-hydrogen) atoms. The topological polar surface area (TPSA) is 69.6 Å². The van der Waals surface area contributed by atoms with Crippen LogP contribution in [0.1, 0.15) is 25.7 Å². The van der Waals surface area contributed by atoms with Crippen LogP contribution in [0.2, 0.25) is 0 Å². The van der Waals surface area contributed by atoms with Crippen LogP contribution in [0.25, 0.3) is 0 Å². The molecular weight excluding hydrogens is 272 g/mol. The number of aliphatic hydroxyl groups excluding tert-OH is 1. The molecule has 0 aromatic rings. The third kappa shape index (κ3) is 3.84. The summed E-state index contributed by atoms with van der Waals surface area (Å²) in [4.78, 5) is 0. The lowest BCUT2D eigenvalue weighted by molar-refractivity contribution is 0.169. The summed E-state index contributed by atoms with van der Waals surface area (Å²) in [6, 6.07) is 0. The van der Waals surface area contributed by atoms with Crippen molar-refractivity contribution in [3.8, 4) is 0 Å². The van der Waals surface area contributed by atoms with E-state index in [4.69, 9.17) is 5.11 Å². The van der Waals surface area contributed by atoms with Gasteiger partial charge in [0.05, 0.1) is 0 Å². The number of hydrogen-bond donors (Lipinski definition) is 2. The third-order valence-electron chi connectivity index (χ3n) is 3.69. The summed E-state index contributed by atoms with van der Waals surface area (Å²) in [6.07, 6.45) is 3.82. The van der Waals surface area contributed by atoms with Crippen LogP contribution in [0.3, 0.4) is 0 Å². The first-order valence-corrected chi connectivity index (χ1v) is 9.08. The van der Waals surface area contributed by atoms with Gasteiger partial charge in [-0.3, -0.25) is 0 Å². The molecule has 0 amide bonds. The highest BCUT2D eigenvalue weighted by molar-refractivity contribution is 8.00. The number of piperidine rings is 1. The lowest BCUT2D eigenvalue weighted by Gasteiger charge is -2.30. The van der Waals surface area contributed by atoms with Gasteiger partial charge in [0.25, 0.3) is 10.2 Å². The lowest BCUT2D eigenvalue weighted by Crippen LogP contribution is -2.46. The molecule has 0 bridgehead atoms. The van der Waals surface area contributed by atoms with Gasteiger partial charge in [0.2, 0.25) is 0 Å². The maximum Gasteiger partial charge on any atom is 0.279 e. The molecule has 2 saturated heterocycles. The molecule has 0 radical (unpaired) electrons. The molecule has 0 saturated carbocycles. The third-order valence-corrected chi connectivity index (χ3v) is 6.66. The average molecular weight is 294 g/mol. The zero-order valence-electron chi connectivity index (χ0n) is 10.5. The van der Waals surface area contributed by atoms with Crippen molar-refractivity contribution < 1.29 is 13.5 Å². The van der Waals surface area contributed by atoms with Gasteiger partial charge in [-0.15, -0.1) is 0 Å². The molecule has 5 nitrogen and oxygen atoms in total. The van der Waals surface area contributed by atoms with Gasteiger partial charge >= 0.3 is 0 Å². The highest BCUT2D eigenvalue weighted by atomic mass is 32.2. The Kier molecular flexibility index (Phi) is 5.32. The van der Waals surface area contributed by atoms with E-state index in [0.717, 1.165) is 25.0 Å². The van der Waals surface area contributed by atoms with Gasteiger partial charge < -0.3 is 5.11 Å². The van der Waals surface area contributed by atoms with Crippen LogP contribution in [0, 0.1) is 5.92 Å². The largest absolute Gasteiger partial charge is 0.396 e. The van der Waals surface area contributed by atoms with Gasteiger partial charge in [-0.05, 0) is 37.4 Å². The normalized spacial score (nSPS) is 27.7. The molecule has 0 aromatic carbocycles. The first-order chi connectivity index (χ1) is 8.62. The molecule has 2 aliphatic rings. The van der Waals surface area contributed by atoms with Crippen LogP contribution in [0.15, 0.2) is 0 Å². The molecule has 2 aliphatic heterocycles. The Morgan fingerprint density at radius 1 is 1.28 bits per heavy atom. The van der Waals surface area contributed by atoms with E-state index in [2.05, 4.69) is 4.72 Å². The van der Waals surface area contributed by atoms with Gasteiger partial charge in [0.15, 0.2) is 0 Å². The Labute approximate surface area is 114 Å². The van der Waals surface area contributed by atoms with Crippen molar-refractivity contribution in [2.75, 3.05) is 32.0 Å². The number of hydrogen-bond acceptors (Lipinski definition) is 4. The van der Waals surface area contributed by atoms with E-state index in [9.17, 15) is 8.42 Å². The van der Waals surface area contributed by atoms with E-state index < -0.39 is 10.2 Å². The molecule has 2 heterocycles. The van der Waals surface area contributed by atoms with Crippen molar-refractivity contribution >= 4 is 22.0 Å². The van der Waals surface area contributed by atoms with Crippen LogP contribution in [0.5, 0.6) is 0 Å². The first-order valence-electron chi connectivity index (χ1n) is 6.59. The van der Waals surface area contributed by atoms with E-state index in [1.807, 2.05) is 11.8 Å². The van der Waals surface area contributed by atoms with Crippen molar-refractivity contribution in [3.05, 3.63) is 0 Å². The summed E-state index contributed by atoms with van der Waals surface area (Å²) in [5.41, 5.74) is 0. The van der Waals surface area contributed by atoms with E-state index in [0.29, 0.717) is 24.9 Å². The quantitative estimate of drug-likeness (QED) is 0.771. The molecule has 1 unspecified atom stereocenters. The smallest absolute Gasteiger partial charge is 0.279 e. The molecule has 2 N–H and O–H groups in total. The summed E-state index contributed by atoms with van der Waals surface area (Å²) >= 11 is 1.86. The predicted octanol–water partition coefficient (Wildman–Crippen LogP) is 0.421. The molecule has 106 valence electrons. The van der Waals surface area contributed by atoms with Crippen molar-refractivity contribution in [3.63, 3.8) is 0 Å². The van der Waals surface area contributed by atoms with E-state index in [1.54, 1.807) is 0 Å². The summed E-state index contributed by atoms with van der Waals surface area (Å²) < 4.78 is 28.4. The summed E-state index contributed by atoms with van der Waals surface area (Å²) in [5, 5.41) is 9.48. The van der Waals surface area contributed by atoms with Crippen LogP contribution in [-0.2, 0) is 10.2 Å². The second-order valence-electron chi connectivity index (χ2n) is 5.01. The monoisotopic (exact) mass is 294 g/mol. The standard InChI is InChI=1S/C11H22N2O3S2/c14-9-10-3-5-13(6-4-10)18(15,16)12-8-11-2-1-7-17-11/h10-12,14H,1-9H2. The Morgan fingerprint density at radius 2 is 2.00 bits per heavy atom. The van der Waals surface area contributed by atoms with Gasteiger partial charge in [-0.1, -0.05) is 0 Å². The average Bonchev–Trinajstić information content (AvgIpc) is 2.90. The minimum Gasteiger partial charge on any atom is -0.396 e. The maximum absolute atomic E-state index is 12.1. The van der Waals surface area contributed by atoms with Crippen molar-refractivity contribution in [2.45, 2.75) is 30.9 Å². The Hall–Kier alpha value is 0.180. The number of nitrogens with one attached hydrogen (secondary N) is 1. The van der Waals surface area contributed by atoms with Crippen LogP contribution < -0.4 is 4.72 Å². The number of nitrogens with zero attached hydrogens (tertiary/aromatic N) is 1. The van der Waals surface area contributed by atoms with Crippen LogP contribution in [-0.4, -0.2) is 55.1 Å². The fourth-order valence-electron chi connectivity index (χ4n) is 2.43. The van der Waals surface area contributed by atoms with Gasteiger partial charge in [-0.25, -0.2) is 4.72 Å².